The van der Waals surface area contributed by atoms with Crippen LogP contribution in [0.3, 0.4) is 0 Å². The quantitative estimate of drug-likeness (QED) is 0.819. The summed E-state index contributed by atoms with van der Waals surface area (Å²) in [5.41, 5.74) is 2.91. The Bertz CT molecular complexity index is 532. The Morgan fingerprint density at radius 3 is 2.50 bits per heavy atom. The number of ether oxygens (including phenoxy) is 1. The summed E-state index contributed by atoms with van der Waals surface area (Å²) in [6.07, 6.45) is 5.27. The molecule has 1 heterocycles. The second-order valence-electron chi connectivity index (χ2n) is 4.24. The summed E-state index contributed by atoms with van der Waals surface area (Å²) in [5, 5.41) is 0. The second-order valence-corrected chi connectivity index (χ2v) is 4.24. The molecular formula is C15H16N2O. The van der Waals surface area contributed by atoms with E-state index in [-0.39, 0.29) is 6.10 Å². The van der Waals surface area contributed by atoms with Crippen molar-refractivity contribution in [2.75, 3.05) is 0 Å². The third kappa shape index (κ3) is 2.94. The van der Waals surface area contributed by atoms with Crippen LogP contribution in [0.2, 0.25) is 0 Å². The molecule has 1 aromatic carbocycles. The van der Waals surface area contributed by atoms with Crippen molar-refractivity contribution in [3.05, 3.63) is 48.8 Å². The minimum absolute atomic E-state index is 0.0951. The lowest BCUT2D eigenvalue weighted by atomic mass is 10.1. The number of benzene rings is 1. The van der Waals surface area contributed by atoms with E-state index >= 15 is 0 Å². The minimum atomic E-state index is 0.0951. The maximum atomic E-state index is 5.53. The predicted molar refractivity (Wildman–Crippen MR) is 73.3 cm³/mol. The van der Waals surface area contributed by atoms with E-state index in [2.05, 4.69) is 16.5 Å². The normalized spacial score (nSPS) is 10.4. The molecule has 18 heavy (non-hydrogen) atoms. The van der Waals surface area contributed by atoms with Crippen LogP contribution in [0.25, 0.3) is 17.3 Å². The molecular weight excluding hydrogens is 224 g/mol. The highest BCUT2D eigenvalue weighted by Gasteiger charge is 2.04. The number of aromatic nitrogens is 2. The Morgan fingerprint density at radius 2 is 1.89 bits per heavy atom. The summed E-state index contributed by atoms with van der Waals surface area (Å²) in [6, 6.07) is 8.00. The molecule has 0 fully saturated rings. The molecule has 92 valence electrons. The lowest BCUT2D eigenvalue weighted by Gasteiger charge is -2.09. The van der Waals surface area contributed by atoms with E-state index in [0.717, 1.165) is 16.8 Å². The van der Waals surface area contributed by atoms with Crippen molar-refractivity contribution in [2.24, 2.45) is 0 Å². The fourth-order valence-electron chi connectivity index (χ4n) is 1.58. The fraction of sp³-hybridized carbons (Fsp3) is 0.200. The predicted octanol–water partition coefficient (Wildman–Crippen LogP) is 3.57. The second kappa shape index (κ2) is 5.45. The number of hydrogen-bond acceptors (Lipinski definition) is 3. The molecule has 0 saturated carbocycles. The molecule has 2 rings (SSSR count). The largest absolute Gasteiger partial charge is 0.474 e. The Kier molecular flexibility index (Phi) is 3.72. The highest BCUT2D eigenvalue weighted by atomic mass is 16.5. The zero-order chi connectivity index (χ0) is 13.0. The average Bonchev–Trinajstić information content (AvgIpc) is 2.38. The minimum Gasteiger partial charge on any atom is -0.474 e. The molecule has 3 nitrogen and oxygen atoms in total. The molecule has 0 aliphatic rings. The maximum absolute atomic E-state index is 5.53. The van der Waals surface area contributed by atoms with Crippen molar-refractivity contribution >= 4 is 6.08 Å². The summed E-state index contributed by atoms with van der Waals surface area (Å²) < 4.78 is 5.53. The molecule has 2 aromatic rings. The summed E-state index contributed by atoms with van der Waals surface area (Å²) in [7, 11) is 0. The summed E-state index contributed by atoms with van der Waals surface area (Å²) in [4.78, 5) is 8.58. The third-order valence-corrected chi connectivity index (χ3v) is 2.41. The van der Waals surface area contributed by atoms with Gasteiger partial charge >= 0.3 is 0 Å². The smallest absolute Gasteiger partial charge is 0.233 e. The first-order chi connectivity index (χ1) is 8.69. The van der Waals surface area contributed by atoms with E-state index in [0.29, 0.717) is 5.88 Å². The zero-order valence-electron chi connectivity index (χ0n) is 10.6. The molecule has 0 amide bonds. The van der Waals surface area contributed by atoms with Crippen LogP contribution in [0.4, 0.5) is 0 Å². The van der Waals surface area contributed by atoms with Gasteiger partial charge in [-0.2, -0.15) is 0 Å². The van der Waals surface area contributed by atoms with Crippen molar-refractivity contribution in [3.8, 4) is 17.1 Å². The zero-order valence-corrected chi connectivity index (χ0v) is 10.6. The Hall–Kier alpha value is -2.16. The Labute approximate surface area is 107 Å². The lowest BCUT2D eigenvalue weighted by molar-refractivity contribution is 0.232. The molecule has 0 aliphatic carbocycles. The molecule has 0 spiro atoms. The van der Waals surface area contributed by atoms with Crippen molar-refractivity contribution in [2.45, 2.75) is 20.0 Å². The summed E-state index contributed by atoms with van der Waals surface area (Å²) >= 11 is 0. The van der Waals surface area contributed by atoms with E-state index in [4.69, 9.17) is 4.74 Å². The molecule has 3 heteroatoms. The molecule has 0 aliphatic heterocycles. The van der Waals surface area contributed by atoms with Crippen LogP contribution in [0.1, 0.15) is 19.4 Å². The van der Waals surface area contributed by atoms with Crippen molar-refractivity contribution in [1.82, 2.24) is 9.97 Å². The third-order valence-electron chi connectivity index (χ3n) is 2.41. The van der Waals surface area contributed by atoms with Crippen LogP contribution in [-0.2, 0) is 0 Å². The van der Waals surface area contributed by atoms with Crippen LogP contribution >= 0.6 is 0 Å². The van der Waals surface area contributed by atoms with Gasteiger partial charge in [-0.25, -0.2) is 4.98 Å². The molecule has 0 atom stereocenters. The molecule has 0 radical (unpaired) electrons. The molecule has 0 saturated heterocycles. The first-order valence-corrected chi connectivity index (χ1v) is 5.90. The van der Waals surface area contributed by atoms with Crippen LogP contribution in [-0.4, -0.2) is 16.1 Å². The van der Waals surface area contributed by atoms with Gasteiger partial charge in [-0.1, -0.05) is 36.9 Å². The van der Waals surface area contributed by atoms with Crippen LogP contribution < -0.4 is 4.74 Å². The van der Waals surface area contributed by atoms with Gasteiger partial charge in [-0.15, -0.1) is 0 Å². The van der Waals surface area contributed by atoms with Gasteiger partial charge in [-0.3, -0.25) is 4.98 Å². The highest BCUT2D eigenvalue weighted by Crippen LogP contribution is 2.19. The first kappa shape index (κ1) is 12.3. The van der Waals surface area contributed by atoms with Gasteiger partial charge in [-0.05, 0) is 19.4 Å². The van der Waals surface area contributed by atoms with E-state index < -0.39 is 0 Å². The monoisotopic (exact) mass is 240 g/mol. The van der Waals surface area contributed by atoms with Crippen molar-refractivity contribution < 1.29 is 4.74 Å². The van der Waals surface area contributed by atoms with Gasteiger partial charge in [0.2, 0.25) is 5.88 Å². The topological polar surface area (TPSA) is 35.0 Å². The van der Waals surface area contributed by atoms with Gasteiger partial charge in [0.1, 0.15) is 0 Å². The molecule has 1 aromatic heterocycles. The molecule has 0 unspecified atom stereocenters. The van der Waals surface area contributed by atoms with Gasteiger partial charge in [0.25, 0.3) is 0 Å². The lowest BCUT2D eigenvalue weighted by Crippen LogP contribution is -2.07. The van der Waals surface area contributed by atoms with Crippen molar-refractivity contribution in [3.63, 3.8) is 0 Å². The molecule has 0 bridgehead atoms. The maximum Gasteiger partial charge on any atom is 0.233 e. The average molecular weight is 240 g/mol. The SMILES string of the molecule is C=Cc1ccc(-c2cncc(OC(C)C)n2)cc1. The van der Waals surface area contributed by atoms with Gasteiger partial charge < -0.3 is 4.74 Å². The van der Waals surface area contributed by atoms with E-state index in [1.54, 1.807) is 12.4 Å². The highest BCUT2D eigenvalue weighted by molar-refractivity contribution is 5.61. The van der Waals surface area contributed by atoms with Gasteiger partial charge in [0.05, 0.1) is 24.2 Å². The van der Waals surface area contributed by atoms with Crippen LogP contribution in [0, 0.1) is 0 Å². The van der Waals surface area contributed by atoms with E-state index in [1.807, 2.05) is 44.2 Å². The van der Waals surface area contributed by atoms with Crippen LogP contribution in [0.15, 0.2) is 43.2 Å². The number of rotatable bonds is 4. The van der Waals surface area contributed by atoms with Crippen molar-refractivity contribution in [1.29, 1.82) is 0 Å². The van der Waals surface area contributed by atoms with E-state index in [9.17, 15) is 0 Å². The van der Waals surface area contributed by atoms with E-state index in [1.165, 1.54) is 0 Å². The number of nitrogens with zero attached hydrogens (tertiary/aromatic N) is 2. The Morgan fingerprint density at radius 1 is 1.17 bits per heavy atom. The fourth-order valence-corrected chi connectivity index (χ4v) is 1.58. The number of hydrogen-bond donors (Lipinski definition) is 0. The standard InChI is InChI=1S/C15H16N2O/c1-4-12-5-7-13(8-6-12)14-9-16-10-15(17-14)18-11(2)3/h4-11H,1H2,2-3H3. The molecule has 0 N–H and O–H groups in total. The first-order valence-electron chi connectivity index (χ1n) is 5.90. The Balaban J connectivity index is 2.29. The van der Waals surface area contributed by atoms with Crippen LogP contribution in [0.5, 0.6) is 5.88 Å². The van der Waals surface area contributed by atoms with Gasteiger partial charge in [0, 0.05) is 5.56 Å². The van der Waals surface area contributed by atoms with Gasteiger partial charge in [0.15, 0.2) is 0 Å². The summed E-state index contributed by atoms with van der Waals surface area (Å²) in [6.45, 7) is 7.66. The summed E-state index contributed by atoms with van der Waals surface area (Å²) in [5.74, 6) is 0.551.